The summed E-state index contributed by atoms with van der Waals surface area (Å²) in [5.41, 5.74) is 1.65. The average Bonchev–Trinajstić information content (AvgIpc) is 2.85. The first kappa shape index (κ1) is 30.6. The quantitative estimate of drug-likeness (QED) is 0.193. The standard InChI is InChI=1S/C24H20F3NO2.C4H10.C2H6.H2/c1-4-10-28-13-18(21(29)5-2)22(30)12-20(28)15-7-6-14(3)17(11-15)16-8-9-19(25)24(27)23(16)26;1-4(2)3;1-2;/h5-9,11-13H,2,4,10H2,1,3H3;4H,1-3H3;1-2H3;1H. The van der Waals surface area contributed by atoms with Crippen LogP contribution in [-0.4, -0.2) is 10.4 Å². The number of benzene rings is 2. The molecule has 0 spiro atoms. The topological polar surface area (TPSA) is 39.1 Å². The summed E-state index contributed by atoms with van der Waals surface area (Å²) in [5, 5.41) is 0. The van der Waals surface area contributed by atoms with E-state index in [4.69, 9.17) is 0 Å². The molecule has 0 saturated carbocycles. The zero-order valence-electron chi connectivity index (χ0n) is 22.2. The number of halogens is 3. The van der Waals surface area contributed by atoms with Crippen LogP contribution in [0.5, 0.6) is 0 Å². The Hall–Kier alpha value is -3.41. The van der Waals surface area contributed by atoms with Gasteiger partial charge in [0.15, 0.2) is 28.7 Å². The summed E-state index contributed by atoms with van der Waals surface area (Å²) >= 11 is 0. The molecule has 3 nitrogen and oxygen atoms in total. The molecule has 0 radical (unpaired) electrons. The zero-order valence-corrected chi connectivity index (χ0v) is 22.2. The first-order valence-electron chi connectivity index (χ1n) is 12.2. The van der Waals surface area contributed by atoms with Crippen LogP contribution >= 0.6 is 0 Å². The Balaban J connectivity index is 0.00000169. The maximum atomic E-state index is 14.4. The molecule has 0 aliphatic heterocycles. The fourth-order valence-electron chi connectivity index (χ4n) is 3.35. The van der Waals surface area contributed by atoms with Gasteiger partial charge in [-0.1, -0.05) is 60.3 Å². The molecule has 6 heteroatoms. The van der Waals surface area contributed by atoms with Crippen molar-refractivity contribution < 1.29 is 19.4 Å². The van der Waals surface area contributed by atoms with Gasteiger partial charge in [0.2, 0.25) is 0 Å². The monoisotopic (exact) mass is 501 g/mol. The van der Waals surface area contributed by atoms with Crippen molar-refractivity contribution in [2.24, 2.45) is 5.92 Å². The van der Waals surface area contributed by atoms with Crippen molar-refractivity contribution in [2.45, 2.75) is 61.4 Å². The Morgan fingerprint density at radius 3 is 2.19 bits per heavy atom. The molecule has 0 bridgehead atoms. The Labute approximate surface area is 213 Å². The van der Waals surface area contributed by atoms with Gasteiger partial charge < -0.3 is 4.57 Å². The second kappa shape index (κ2) is 14.2. The number of hydrogen-bond acceptors (Lipinski definition) is 2. The average molecular weight is 502 g/mol. The third kappa shape index (κ3) is 7.54. The number of rotatable bonds is 6. The molecule has 0 N–H and O–H groups in total. The van der Waals surface area contributed by atoms with E-state index in [1.54, 1.807) is 29.7 Å². The molecule has 3 aromatic rings. The molecule has 0 saturated heterocycles. The number of allylic oxidation sites excluding steroid dienone is 1. The largest absolute Gasteiger partial charge is 0.347 e. The Kier molecular flexibility index (Phi) is 12.1. The first-order chi connectivity index (χ1) is 17.0. The van der Waals surface area contributed by atoms with Crippen molar-refractivity contribution in [2.75, 3.05) is 0 Å². The van der Waals surface area contributed by atoms with Gasteiger partial charge in [-0.3, -0.25) is 9.59 Å². The summed E-state index contributed by atoms with van der Waals surface area (Å²) in [6.07, 6.45) is 3.32. The Morgan fingerprint density at radius 2 is 1.64 bits per heavy atom. The number of aromatic nitrogens is 1. The molecule has 1 aromatic heterocycles. The summed E-state index contributed by atoms with van der Waals surface area (Å²) < 4.78 is 43.3. The highest BCUT2D eigenvalue weighted by Gasteiger charge is 2.18. The minimum Gasteiger partial charge on any atom is -0.347 e. The molecule has 0 aliphatic rings. The fraction of sp³-hybridized carbons (Fsp3) is 0.333. The van der Waals surface area contributed by atoms with Crippen LogP contribution < -0.4 is 5.43 Å². The predicted octanol–water partition coefficient (Wildman–Crippen LogP) is 8.62. The third-order valence-corrected chi connectivity index (χ3v) is 4.90. The van der Waals surface area contributed by atoms with Crippen molar-refractivity contribution in [3.05, 3.63) is 94.1 Å². The van der Waals surface area contributed by atoms with E-state index < -0.39 is 28.7 Å². The first-order valence-corrected chi connectivity index (χ1v) is 12.2. The summed E-state index contributed by atoms with van der Waals surface area (Å²) in [4.78, 5) is 24.5. The van der Waals surface area contributed by atoms with Gasteiger partial charge in [-0.25, -0.2) is 13.2 Å². The molecule has 3 rings (SSSR count). The van der Waals surface area contributed by atoms with E-state index in [1.807, 2.05) is 20.8 Å². The minimum atomic E-state index is -1.53. The van der Waals surface area contributed by atoms with Gasteiger partial charge in [0.1, 0.15) is 0 Å². The van der Waals surface area contributed by atoms with Crippen LogP contribution in [0.3, 0.4) is 0 Å². The number of ketones is 1. The summed E-state index contributed by atoms with van der Waals surface area (Å²) in [7, 11) is 0. The minimum absolute atomic E-state index is 0. The second-order valence-corrected chi connectivity index (χ2v) is 8.68. The van der Waals surface area contributed by atoms with Crippen LogP contribution in [-0.2, 0) is 6.54 Å². The lowest BCUT2D eigenvalue weighted by molar-refractivity contribution is 0.104. The lowest BCUT2D eigenvalue weighted by Gasteiger charge is -2.16. The van der Waals surface area contributed by atoms with Crippen LogP contribution in [0, 0.1) is 30.3 Å². The van der Waals surface area contributed by atoms with Crippen molar-refractivity contribution in [1.82, 2.24) is 4.57 Å². The summed E-state index contributed by atoms with van der Waals surface area (Å²) in [5.74, 6) is -3.70. The number of pyridine rings is 1. The van der Waals surface area contributed by atoms with E-state index >= 15 is 0 Å². The van der Waals surface area contributed by atoms with E-state index in [1.165, 1.54) is 18.3 Å². The predicted molar refractivity (Wildman–Crippen MR) is 145 cm³/mol. The number of hydrogen-bond donors (Lipinski definition) is 0. The number of carbonyl (C=O) groups is 1. The highest BCUT2D eigenvalue weighted by Crippen LogP contribution is 2.32. The third-order valence-electron chi connectivity index (χ3n) is 4.90. The molecule has 0 amide bonds. The second-order valence-electron chi connectivity index (χ2n) is 8.68. The van der Waals surface area contributed by atoms with E-state index in [0.717, 1.165) is 24.5 Å². The molecule has 0 unspecified atom stereocenters. The van der Waals surface area contributed by atoms with Gasteiger partial charge in [-0.2, -0.15) is 0 Å². The van der Waals surface area contributed by atoms with Crippen molar-refractivity contribution in [3.8, 4) is 22.4 Å². The van der Waals surface area contributed by atoms with Crippen LogP contribution in [0.4, 0.5) is 13.2 Å². The molecule has 2 aromatic carbocycles. The molecular formula is C30H38F3NO2. The fourth-order valence-corrected chi connectivity index (χ4v) is 3.35. The van der Waals surface area contributed by atoms with Crippen LogP contribution in [0.1, 0.15) is 65.3 Å². The molecule has 0 atom stereocenters. The highest BCUT2D eigenvalue weighted by molar-refractivity contribution is 6.04. The lowest BCUT2D eigenvalue weighted by Crippen LogP contribution is -2.18. The maximum Gasteiger partial charge on any atom is 0.195 e. The number of carbonyl (C=O) groups excluding carboxylic acids is 1. The molecular weight excluding hydrogens is 463 g/mol. The van der Waals surface area contributed by atoms with Crippen LogP contribution in [0.15, 0.2) is 60.0 Å². The smallest absolute Gasteiger partial charge is 0.195 e. The van der Waals surface area contributed by atoms with Crippen molar-refractivity contribution >= 4 is 5.78 Å². The van der Waals surface area contributed by atoms with Crippen molar-refractivity contribution in [3.63, 3.8) is 0 Å². The maximum absolute atomic E-state index is 14.4. The Morgan fingerprint density at radius 1 is 1.03 bits per heavy atom. The highest BCUT2D eigenvalue weighted by atomic mass is 19.2. The normalized spacial score (nSPS) is 10.2. The van der Waals surface area contributed by atoms with E-state index in [0.29, 0.717) is 28.9 Å². The Bertz CT molecular complexity index is 1260. The molecule has 36 heavy (non-hydrogen) atoms. The van der Waals surface area contributed by atoms with Gasteiger partial charge in [0.05, 0.1) is 11.3 Å². The molecule has 0 aliphatic carbocycles. The molecule has 1 heterocycles. The molecule has 196 valence electrons. The molecule has 0 fully saturated rings. The van der Waals surface area contributed by atoms with Gasteiger partial charge >= 0.3 is 0 Å². The summed E-state index contributed by atoms with van der Waals surface area (Å²) in [6, 6.07) is 8.51. The van der Waals surface area contributed by atoms with Crippen molar-refractivity contribution in [1.29, 1.82) is 0 Å². The SMILES string of the molecule is C=CC(=O)c1cn(CCC)c(-c2ccc(C)c(-c3ccc(F)c(F)c3F)c2)cc1=O.CC.CC(C)C.[HH]. The van der Waals surface area contributed by atoms with Gasteiger partial charge in [0, 0.05) is 25.8 Å². The van der Waals surface area contributed by atoms with Gasteiger partial charge in [0.25, 0.3) is 0 Å². The van der Waals surface area contributed by atoms with E-state index in [-0.39, 0.29) is 12.6 Å². The van der Waals surface area contributed by atoms with Gasteiger partial charge in [-0.05, 0) is 60.2 Å². The van der Waals surface area contributed by atoms with E-state index in [9.17, 15) is 22.8 Å². The zero-order chi connectivity index (χ0) is 27.6. The van der Waals surface area contributed by atoms with Crippen LogP contribution in [0.2, 0.25) is 0 Å². The number of nitrogens with zero attached hydrogens (tertiary/aromatic N) is 1. The number of aryl methyl sites for hydroxylation is 2. The lowest BCUT2D eigenvalue weighted by atomic mass is 9.95. The summed E-state index contributed by atoms with van der Waals surface area (Å²) in [6.45, 7) is 18.1. The van der Waals surface area contributed by atoms with Crippen LogP contribution in [0.25, 0.3) is 22.4 Å². The van der Waals surface area contributed by atoms with E-state index in [2.05, 4.69) is 27.4 Å². The van der Waals surface area contributed by atoms with Gasteiger partial charge in [-0.15, -0.1) is 0 Å².